The summed E-state index contributed by atoms with van der Waals surface area (Å²) in [5.74, 6) is 0.0792. The molecule has 1 aliphatic heterocycles. The van der Waals surface area contributed by atoms with Gasteiger partial charge in [-0.25, -0.2) is 4.39 Å². The molecule has 0 spiro atoms. The SMILES string of the molecule is CC.CC1=C(c2ccccc2C)OC(N)=C(C#N)C1c1ccc(F)cc1.CC=O. The average molecular weight is 394 g/mol. The molecule has 0 aromatic heterocycles. The van der Waals surface area contributed by atoms with Crippen molar-refractivity contribution in [2.45, 2.75) is 40.5 Å². The van der Waals surface area contributed by atoms with Gasteiger partial charge in [0.25, 0.3) is 0 Å². The second-order valence-electron chi connectivity index (χ2n) is 6.04. The van der Waals surface area contributed by atoms with Crippen molar-refractivity contribution in [3.8, 4) is 6.07 Å². The van der Waals surface area contributed by atoms with Crippen molar-refractivity contribution >= 4 is 12.0 Å². The molecule has 152 valence electrons. The van der Waals surface area contributed by atoms with E-state index in [2.05, 4.69) is 6.07 Å². The second kappa shape index (κ2) is 11.5. The van der Waals surface area contributed by atoms with Gasteiger partial charge in [-0.15, -0.1) is 0 Å². The van der Waals surface area contributed by atoms with Crippen molar-refractivity contribution in [2.75, 3.05) is 0 Å². The Labute approximate surface area is 172 Å². The summed E-state index contributed by atoms with van der Waals surface area (Å²) in [7, 11) is 0. The molecule has 0 radical (unpaired) electrons. The van der Waals surface area contributed by atoms with Crippen LogP contribution in [0.15, 0.2) is 65.6 Å². The predicted molar refractivity (Wildman–Crippen MR) is 114 cm³/mol. The van der Waals surface area contributed by atoms with Gasteiger partial charge < -0.3 is 15.3 Å². The lowest BCUT2D eigenvalue weighted by atomic mass is 9.82. The van der Waals surface area contributed by atoms with E-state index in [0.717, 1.165) is 28.5 Å². The average Bonchev–Trinajstić information content (AvgIpc) is 2.72. The third kappa shape index (κ3) is 5.55. The van der Waals surface area contributed by atoms with E-state index in [-0.39, 0.29) is 17.6 Å². The van der Waals surface area contributed by atoms with Gasteiger partial charge in [-0.2, -0.15) is 5.26 Å². The number of rotatable bonds is 2. The molecule has 0 fully saturated rings. The number of carbonyl (C=O) groups excluding carboxylic acids is 1. The molecule has 0 bridgehead atoms. The molecule has 0 saturated heterocycles. The highest BCUT2D eigenvalue weighted by Gasteiger charge is 2.31. The first-order chi connectivity index (χ1) is 13.9. The Morgan fingerprint density at radius 2 is 1.66 bits per heavy atom. The minimum atomic E-state index is -0.348. The summed E-state index contributed by atoms with van der Waals surface area (Å²) in [6.45, 7) is 9.35. The van der Waals surface area contributed by atoms with Gasteiger partial charge in [0.15, 0.2) is 0 Å². The molecule has 0 aliphatic carbocycles. The number of benzene rings is 2. The van der Waals surface area contributed by atoms with Crippen molar-refractivity contribution < 1.29 is 13.9 Å². The lowest BCUT2D eigenvalue weighted by Crippen LogP contribution is -2.19. The number of allylic oxidation sites excluding steroid dienone is 2. The van der Waals surface area contributed by atoms with E-state index in [1.165, 1.54) is 19.1 Å². The third-order valence-electron chi connectivity index (χ3n) is 4.27. The fourth-order valence-electron chi connectivity index (χ4n) is 3.02. The summed E-state index contributed by atoms with van der Waals surface area (Å²) in [5.41, 5.74) is 10.0. The van der Waals surface area contributed by atoms with E-state index < -0.39 is 0 Å². The largest absolute Gasteiger partial charge is 0.440 e. The lowest BCUT2D eigenvalue weighted by Gasteiger charge is -2.28. The van der Waals surface area contributed by atoms with Crippen molar-refractivity contribution in [3.05, 3.63) is 88.1 Å². The number of hydrogen-bond acceptors (Lipinski definition) is 4. The first-order valence-electron chi connectivity index (χ1n) is 9.44. The molecule has 2 N–H and O–H groups in total. The first-order valence-corrected chi connectivity index (χ1v) is 9.44. The van der Waals surface area contributed by atoms with Gasteiger partial charge in [0.05, 0.1) is 0 Å². The Morgan fingerprint density at radius 1 is 1.10 bits per heavy atom. The quantitative estimate of drug-likeness (QED) is 0.672. The van der Waals surface area contributed by atoms with E-state index >= 15 is 0 Å². The summed E-state index contributed by atoms with van der Waals surface area (Å²) >= 11 is 0. The molecule has 3 rings (SSSR count). The van der Waals surface area contributed by atoms with Crippen LogP contribution in [0.25, 0.3) is 5.76 Å². The summed E-state index contributed by atoms with van der Waals surface area (Å²) in [6, 6.07) is 16.1. The maximum atomic E-state index is 13.3. The Kier molecular flexibility index (Phi) is 9.34. The number of halogens is 1. The fraction of sp³-hybridized carbons (Fsp3) is 0.250. The molecule has 29 heavy (non-hydrogen) atoms. The summed E-state index contributed by atoms with van der Waals surface area (Å²) in [6.07, 6.45) is 0.750. The van der Waals surface area contributed by atoms with Crippen LogP contribution in [0.4, 0.5) is 4.39 Å². The minimum absolute atomic E-state index is 0.0932. The van der Waals surface area contributed by atoms with Crippen LogP contribution < -0.4 is 5.73 Å². The van der Waals surface area contributed by atoms with Gasteiger partial charge in [-0.3, -0.25) is 0 Å². The van der Waals surface area contributed by atoms with Crippen LogP contribution in [0.5, 0.6) is 0 Å². The molecule has 1 aliphatic rings. The van der Waals surface area contributed by atoms with E-state index in [1.54, 1.807) is 12.1 Å². The van der Waals surface area contributed by atoms with E-state index in [4.69, 9.17) is 15.3 Å². The highest BCUT2D eigenvalue weighted by Crippen LogP contribution is 2.42. The highest BCUT2D eigenvalue weighted by atomic mass is 19.1. The molecule has 0 amide bonds. The zero-order valence-electron chi connectivity index (χ0n) is 17.5. The highest BCUT2D eigenvalue weighted by molar-refractivity contribution is 5.71. The van der Waals surface area contributed by atoms with Crippen molar-refractivity contribution in [2.24, 2.45) is 5.73 Å². The Bertz CT molecular complexity index is 938. The van der Waals surface area contributed by atoms with E-state index in [1.807, 2.05) is 52.0 Å². The van der Waals surface area contributed by atoms with Crippen LogP contribution in [-0.4, -0.2) is 6.29 Å². The predicted octanol–water partition coefficient (Wildman–Crippen LogP) is 5.60. The Balaban J connectivity index is 0.000000771. The van der Waals surface area contributed by atoms with Gasteiger partial charge in [0.1, 0.15) is 29.5 Å². The van der Waals surface area contributed by atoms with Crippen LogP contribution in [0, 0.1) is 24.1 Å². The number of nitriles is 1. The number of nitrogens with zero attached hydrogens (tertiary/aromatic N) is 1. The van der Waals surface area contributed by atoms with Crippen LogP contribution in [0.2, 0.25) is 0 Å². The van der Waals surface area contributed by atoms with Gasteiger partial charge in [-0.1, -0.05) is 50.2 Å². The summed E-state index contributed by atoms with van der Waals surface area (Å²) in [5, 5.41) is 9.51. The number of aryl methyl sites for hydroxylation is 1. The Hall–Kier alpha value is -3.39. The van der Waals surface area contributed by atoms with Gasteiger partial charge in [0, 0.05) is 11.5 Å². The molecule has 2 aromatic carbocycles. The lowest BCUT2D eigenvalue weighted by molar-refractivity contribution is -0.106. The number of ether oxygens (including phenoxy) is 1. The topological polar surface area (TPSA) is 76.1 Å². The maximum Gasteiger partial charge on any atom is 0.205 e. The third-order valence-corrected chi connectivity index (χ3v) is 4.27. The number of aldehydes is 1. The zero-order valence-corrected chi connectivity index (χ0v) is 17.5. The molecular weight excluding hydrogens is 367 g/mol. The molecule has 1 atom stereocenters. The molecular formula is C24H27FN2O2. The van der Waals surface area contributed by atoms with E-state index in [0.29, 0.717) is 11.3 Å². The summed E-state index contributed by atoms with van der Waals surface area (Å²) < 4.78 is 19.0. The number of nitrogens with two attached hydrogens (primary N) is 1. The van der Waals surface area contributed by atoms with Crippen LogP contribution >= 0.6 is 0 Å². The van der Waals surface area contributed by atoms with E-state index in [9.17, 15) is 9.65 Å². The normalized spacial score (nSPS) is 15.1. The van der Waals surface area contributed by atoms with Crippen LogP contribution in [0.3, 0.4) is 0 Å². The summed E-state index contributed by atoms with van der Waals surface area (Å²) in [4.78, 5) is 8.81. The monoisotopic (exact) mass is 394 g/mol. The van der Waals surface area contributed by atoms with Crippen molar-refractivity contribution in [1.82, 2.24) is 0 Å². The van der Waals surface area contributed by atoms with Gasteiger partial charge in [-0.05, 0) is 49.6 Å². The minimum Gasteiger partial charge on any atom is -0.440 e. The van der Waals surface area contributed by atoms with Gasteiger partial charge in [0.2, 0.25) is 5.88 Å². The fourth-order valence-corrected chi connectivity index (χ4v) is 3.02. The van der Waals surface area contributed by atoms with Gasteiger partial charge >= 0.3 is 0 Å². The molecule has 4 nitrogen and oxygen atoms in total. The molecule has 0 saturated carbocycles. The molecule has 1 heterocycles. The van der Waals surface area contributed by atoms with Crippen molar-refractivity contribution in [1.29, 1.82) is 5.26 Å². The standard InChI is InChI=1S/C20H17FN2O.C2H4O.C2H6/c1-12-5-3-4-6-16(12)19-13(2)18(17(11-22)20(23)24-19)14-7-9-15(21)10-8-14;1-2-3;1-2/h3-10,18H,23H2,1-2H3;2H,1H3;1-2H3. The van der Waals surface area contributed by atoms with Crippen LogP contribution in [-0.2, 0) is 9.53 Å². The second-order valence-corrected chi connectivity index (χ2v) is 6.04. The number of carbonyl (C=O) groups is 1. The van der Waals surface area contributed by atoms with Crippen molar-refractivity contribution in [3.63, 3.8) is 0 Å². The molecule has 1 unspecified atom stereocenters. The maximum absolute atomic E-state index is 13.3. The molecule has 2 aromatic rings. The number of hydrogen-bond donors (Lipinski definition) is 1. The molecule has 5 heteroatoms. The Morgan fingerprint density at radius 3 is 2.17 bits per heavy atom. The first kappa shape index (κ1) is 23.6. The van der Waals surface area contributed by atoms with Crippen LogP contribution in [0.1, 0.15) is 50.3 Å². The smallest absolute Gasteiger partial charge is 0.205 e. The zero-order chi connectivity index (χ0) is 22.0.